The minimum absolute atomic E-state index is 0.0859. The largest absolute Gasteiger partial charge is 0.433 e. The molecule has 1 aromatic carbocycles. The number of carbonyl (C=O) groups excluding carboxylic acids is 1. The van der Waals surface area contributed by atoms with E-state index >= 15 is 0 Å². The maximum atomic E-state index is 12.3. The highest BCUT2D eigenvalue weighted by Crippen LogP contribution is 2.20. The second-order valence-corrected chi connectivity index (χ2v) is 5.34. The Bertz CT molecular complexity index is 1130. The maximum absolute atomic E-state index is 12.3. The second kappa shape index (κ2) is 8.39. The van der Waals surface area contributed by atoms with Crippen LogP contribution in [0.4, 0.5) is 17.5 Å². The predicted molar refractivity (Wildman–Crippen MR) is 99.5 cm³/mol. The molecule has 0 aliphatic carbocycles. The molecule has 146 valence electrons. The van der Waals surface area contributed by atoms with Crippen LogP contribution in [0.2, 0.25) is 0 Å². The van der Waals surface area contributed by atoms with E-state index in [1.807, 2.05) is 0 Å². The predicted octanol–water partition coefficient (Wildman–Crippen LogP) is 3.20. The Hall–Kier alpha value is -4.61. The van der Waals surface area contributed by atoms with Crippen molar-refractivity contribution in [2.75, 3.05) is 0 Å². The van der Waals surface area contributed by atoms with Gasteiger partial charge in [0.25, 0.3) is 5.91 Å². The van der Waals surface area contributed by atoms with Gasteiger partial charge in [0.15, 0.2) is 11.5 Å². The summed E-state index contributed by atoms with van der Waals surface area (Å²) in [5.74, 6) is -1.24. The lowest BCUT2D eigenvalue weighted by Gasteiger charge is -2.03. The van der Waals surface area contributed by atoms with Gasteiger partial charge in [-0.15, -0.1) is 0 Å². The summed E-state index contributed by atoms with van der Waals surface area (Å²) in [7, 11) is 0. The molecule has 0 saturated carbocycles. The van der Waals surface area contributed by atoms with Crippen molar-refractivity contribution in [3.05, 3.63) is 85.8 Å². The van der Waals surface area contributed by atoms with E-state index in [0.29, 0.717) is 0 Å². The summed E-state index contributed by atoms with van der Waals surface area (Å²) in [4.78, 5) is 36.3. The Balaban J connectivity index is 1.70. The van der Waals surface area contributed by atoms with Gasteiger partial charge in [-0.05, 0) is 24.3 Å². The highest BCUT2D eigenvalue weighted by Gasteiger charge is 2.13. The number of nitrogens with zero attached hydrogens (tertiary/aromatic N) is 4. The van der Waals surface area contributed by atoms with Crippen molar-refractivity contribution in [3.8, 4) is 0 Å². The van der Waals surface area contributed by atoms with Crippen LogP contribution < -0.4 is 5.43 Å². The summed E-state index contributed by atoms with van der Waals surface area (Å²) >= 11 is 0. The zero-order valence-electron chi connectivity index (χ0n) is 14.4. The van der Waals surface area contributed by atoms with Crippen molar-refractivity contribution in [3.63, 3.8) is 0 Å². The summed E-state index contributed by atoms with van der Waals surface area (Å²) < 4.78 is 9.85. The minimum atomic E-state index is -0.697. The van der Waals surface area contributed by atoms with Crippen LogP contribution in [0.1, 0.15) is 21.9 Å². The number of furan rings is 2. The number of amides is 1. The molecule has 0 radical (unpaired) electrons. The van der Waals surface area contributed by atoms with Crippen molar-refractivity contribution in [1.29, 1.82) is 0 Å². The van der Waals surface area contributed by atoms with Gasteiger partial charge >= 0.3 is 11.8 Å². The summed E-state index contributed by atoms with van der Waals surface area (Å²) in [5.41, 5.74) is 2.70. The first-order valence-corrected chi connectivity index (χ1v) is 7.89. The van der Waals surface area contributed by atoms with E-state index < -0.39 is 27.5 Å². The highest BCUT2D eigenvalue weighted by atomic mass is 16.7. The molecule has 0 fully saturated rings. The summed E-state index contributed by atoms with van der Waals surface area (Å²) in [5, 5.41) is 24.9. The average Bonchev–Trinajstić information content (AvgIpc) is 3.36. The first kappa shape index (κ1) is 19.2. The lowest BCUT2D eigenvalue weighted by molar-refractivity contribution is -0.402. The molecule has 0 atom stereocenters. The average molecular weight is 397 g/mol. The third kappa shape index (κ3) is 4.77. The Kier molecular flexibility index (Phi) is 5.54. The van der Waals surface area contributed by atoms with Crippen molar-refractivity contribution in [2.45, 2.75) is 0 Å². The van der Waals surface area contributed by atoms with E-state index in [2.05, 4.69) is 15.5 Å². The van der Waals surface area contributed by atoms with Crippen molar-refractivity contribution < 1.29 is 23.5 Å². The Morgan fingerprint density at radius 2 is 1.48 bits per heavy atom. The number of rotatable bonds is 7. The smallest absolute Gasteiger partial charge is 0.400 e. The van der Waals surface area contributed by atoms with Crippen LogP contribution in [0.5, 0.6) is 0 Å². The van der Waals surface area contributed by atoms with Crippen molar-refractivity contribution in [1.82, 2.24) is 5.43 Å². The topological polar surface area (TPSA) is 166 Å². The molecule has 12 nitrogen and oxygen atoms in total. The lowest BCUT2D eigenvalue weighted by Crippen LogP contribution is -2.17. The monoisotopic (exact) mass is 397 g/mol. The quantitative estimate of drug-likeness (QED) is 0.363. The van der Waals surface area contributed by atoms with Crippen molar-refractivity contribution >= 4 is 35.8 Å². The van der Waals surface area contributed by atoms with Crippen LogP contribution in [0.25, 0.3) is 0 Å². The molecule has 1 N–H and O–H groups in total. The summed E-state index contributed by atoms with van der Waals surface area (Å²) in [6.07, 6.45) is 2.35. The normalized spacial score (nSPS) is 11.2. The van der Waals surface area contributed by atoms with Gasteiger partial charge in [-0.25, -0.2) is 5.43 Å². The van der Waals surface area contributed by atoms with E-state index in [0.717, 1.165) is 12.3 Å². The molecule has 3 aromatic rings. The third-order valence-electron chi connectivity index (χ3n) is 3.42. The fourth-order valence-electron chi connectivity index (χ4n) is 2.15. The molecule has 0 bridgehead atoms. The molecule has 0 aliphatic heterocycles. The number of nitrogens with one attached hydrogen (secondary N) is 1. The highest BCUT2D eigenvalue weighted by molar-refractivity contribution is 6.00. The molecule has 2 aromatic heterocycles. The summed E-state index contributed by atoms with van der Waals surface area (Å²) in [6, 6.07) is 11.4. The van der Waals surface area contributed by atoms with Crippen LogP contribution in [0.15, 0.2) is 67.5 Å². The molecule has 12 heteroatoms. The molecular formula is C17H11N5O7. The second-order valence-electron chi connectivity index (χ2n) is 5.34. The van der Waals surface area contributed by atoms with E-state index in [1.165, 1.54) is 30.5 Å². The van der Waals surface area contributed by atoms with Crippen LogP contribution >= 0.6 is 0 Å². The molecular weight excluding hydrogens is 386 g/mol. The van der Waals surface area contributed by atoms with E-state index in [9.17, 15) is 25.0 Å². The number of carbonyl (C=O) groups is 1. The number of hydrogen-bond acceptors (Lipinski definition) is 9. The number of para-hydroxylation sites is 1. The molecule has 29 heavy (non-hydrogen) atoms. The lowest BCUT2D eigenvalue weighted by atomic mass is 10.2. The zero-order chi connectivity index (χ0) is 20.8. The van der Waals surface area contributed by atoms with Gasteiger partial charge in [-0.2, -0.15) is 5.10 Å². The summed E-state index contributed by atoms with van der Waals surface area (Å²) in [6.45, 7) is 0. The molecule has 0 spiro atoms. The van der Waals surface area contributed by atoms with E-state index in [4.69, 9.17) is 8.83 Å². The Morgan fingerprint density at radius 1 is 0.897 bits per heavy atom. The molecule has 3 rings (SSSR count). The van der Waals surface area contributed by atoms with E-state index in [-0.39, 0.29) is 22.8 Å². The van der Waals surface area contributed by atoms with Crippen LogP contribution in [0, 0.1) is 20.2 Å². The molecule has 2 heterocycles. The van der Waals surface area contributed by atoms with Gasteiger partial charge < -0.3 is 8.83 Å². The minimum Gasteiger partial charge on any atom is -0.400 e. The molecule has 0 unspecified atom stereocenters. The fraction of sp³-hybridized carbons (Fsp3) is 0. The number of hydrogen-bond donors (Lipinski definition) is 1. The van der Waals surface area contributed by atoms with Crippen LogP contribution in [0.3, 0.4) is 0 Å². The SMILES string of the molecule is O=C(NN=Cc1ccc([N+](=O)[O-])o1)c1ccccc1N=Cc1ccc([N+](=O)[O-])o1. The van der Waals surface area contributed by atoms with Gasteiger partial charge in [0.1, 0.15) is 9.85 Å². The molecule has 0 saturated heterocycles. The fourth-order valence-corrected chi connectivity index (χ4v) is 2.15. The number of aliphatic imine (C=N–C) groups is 1. The standard InChI is InChI=1S/C17H11N5O7/c23-17(20-19-10-12-6-8-16(29-12)22(26)27)13-3-1-2-4-14(13)18-9-11-5-7-15(28-11)21(24)25/h1-10H,(H,20,23). The Labute approximate surface area is 161 Å². The number of nitro groups is 2. The Morgan fingerprint density at radius 3 is 2.07 bits per heavy atom. The van der Waals surface area contributed by atoms with Gasteiger partial charge in [0, 0.05) is 0 Å². The molecule has 0 aliphatic rings. The first-order chi connectivity index (χ1) is 13.9. The number of hydrazone groups is 1. The van der Waals surface area contributed by atoms with Gasteiger partial charge in [0.2, 0.25) is 0 Å². The van der Waals surface area contributed by atoms with Gasteiger partial charge in [-0.1, -0.05) is 12.1 Å². The zero-order valence-corrected chi connectivity index (χ0v) is 14.4. The molecule has 1 amide bonds. The third-order valence-corrected chi connectivity index (χ3v) is 3.42. The van der Waals surface area contributed by atoms with Gasteiger partial charge in [0.05, 0.1) is 35.8 Å². The maximum Gasteiger partial charge on any atom is 0.433 e. The van der Waals surface area contributed by atoms with E-state index in [1.54, 1.807) is 18.2 Å². The van der Waals surface area contributed by atoms with Crippen LogP contribution in [-0.4, -0.2) is 28.2 Å². The number of benzene rings is 1. The van der Waals surface area contributed by atoms with Gasteiger partial charge in [-0.3, -0.25) is 30.0 Å². The van der Waals surface area contributed by atoms with Crippen LogP contribution in [-0.2, 0) is 0 Å². The first-order valence-electron chi connectivity index (χ1n) is 7.89. The van der Waals surface area contributed by atoms with Crippen molar-refractivity contribution in [2.24, 2.45) is 10.1 Å².